The van der Waals surface area contributed by atoms with Crippen molar-refractivity contribution in [2.45, 2.75) is 0 Å². The summed E-state index contributed by atoms with van der Waals surface area (Å²) >= 11 is 0. The summed E-state index contributed by atoms with van der Waals surface area (Å²) < 4.78 is 5.71. The van der Waals surface area contributed by atoms with Crippen LogP contribution in [0.3, 0.4) is 0 Å². The lowest BCUT2D eigenvalue weighted by Crippen LogP contribution is -2.10. The summed E-state index contributed by atoms with van der Waals surface area (Å²) in [6.45, 7) is 0. The minimum absolute atomic E-state index is 0.428. The molecule has 0 saturated carbocycles. The van der Waals surface area contributed by atoms with Gasteiger partial charge in [-0.25, -0.2) is 4.79 Å². The van der Waals surface area contributed by atoms with Crippen LogP contribution < -0.4 is 5.76 Å². The van der Waals surface area contributed by atoms with Crippen LogP contribution in [0.25, 0.3) is 0 Å². The normalized spacial score (nSPS) is 8.89. The molecule has 0 radical (unpaired) electrons. The van der Waals surface area contributed by atoms with Gasteiger partial charge in [0.2, 0.25) is 0 Å². The molecular formula is C6H5NO2. The highest BCUT2D eigenvalue weighted by Crippen LogP contribution is 1.88. The van der Waals surface area contributed by atoms with Crippen molar-refractivity contribution >= 4 is 0 Å². The van der Waals surface area contributed by atoms with Crippen molar-refractivity contribution < 1.29 is 4.42 Å². The Morgan fingerprint density at radius 1 is 1.89 bits per heavy atom. The van der Waals surface area contributed by atoms with Crippen LogP contribution >= 0.6 is 0 Å². The van der Waals surface area contributed by atoms with Gasteiger partial charge in [-0.1, -0.05) is 0 Å². The van der Waals surface area contributed by atoms with E-state index in [1.807, 2.05) is 0 Å². The van der Waals surface area contributed by atoms with Crippen LogP contribution in [-0.2, 0) is 7.05 Å². The number of oxazole rings is 1. The molecule has 1 heterocycles. The van der Waals surface area contributed by atoms with Crippen molar-refractivity contribution in [2.75, 3.05) is 0 Å². The van der Waals surface area contributed by atoms with Crippen LogP contribution in [0.1, 0.15) is 5.69 Å². The van der Waals surface area contributed by atoms with E-state index in [0.717, 1.165) is 0 Å². The fourth-order valence-corrected chi connectivity index (χ4v) is 0.494. The Bertz CT molecular complexity index is 300. The smallest absolute Gasteiger partial charge is 0.415 e. The average Bonchev–Trinajstić information content (AvgIpc) is 2.15. The molecule has 0 saturated heterocycles. The zero-order chi connectivity index (χ0) is 6.85. The Morgan fingerprint density at radius 3 is 2.78 bits per heavy atom. The first-order valence-electron chi connectivity index (χ1n) is 2.37. The highest BCUT2D eigenvalue weighted by Gasteiger charge is 1.97. The Kier molecular flexibility index (Phi) is 1.16. The van der Waals surface area contributed by atoms with Gasteiger partial charge in [-0.05, 0) is 5.92 Å². The number of hydrogen-bond donors (Lipinski definition) is 0. The van der Waals surface area contributed by atoms with Crippen molar-refractivity contribution in [3.63, 3.8) is 0 Å². The number of rotatable bonds is 0. The van der Waals surface area contributed by atoms with E-state index in [-0.39, 0.29) is 0 Å². The lowest BCUT2D eigenvalue weighted by Gasteiger charge is -1.83. The predicted octanol–water partition coefficient (Wildman–Crippen LogP) is -0.0404. The summed E-state index contributed by atoms with van der Waals surface area (Å²) in [5, 5.41) is 0. The fraction of sp³-hybridized carbons (Fsp3) is 0.167. The Morgan fingerprint density at radius 2 is 2.56 bits per heavy atom. The van der Waals surface area contributed by atoms with Crippen LogP contribution in [-0.4, -0.2) is 4.57 Å². The number of nitrogens with zero attached hydrogens (tertiary/aromatic N) is 1. The van der Waals surface area contributed by atoms with Crippen LogP contribution in [0.2, 0.25) is 0 Å². The minimum atomic E-state index is -0.428. The third kappa shape index (κ3) is 0.745. The maximum absolute atomic E-state index is 10.5. The van der Waals surface area contributed by atoms with E-state index in [9.17, 15) is 4.79 Å². The molecule has 0 aromatic carbocycles. The number of terminal acetylenes is 1. The third-order valence-corrected chi connectivity index (χ3v) is 1.05. The van der Waals surface area contributed by atoms with Gasteiger partial charge in [-0.15, -0.1) is 6.42 Å². The van der Waals surface area contributed by atoms with E-state index in [1.165, 1.54) is 10.8 Å². The summed E-state index contributed by atoms with van der Waals surface area (Å²) in [6, 6.07) is 0. The fourth-order valence-electron chi connectivity index (χ4n) is 0.494. The summed E-state index contributed by atoms with van der Waals surface area (Å²) in [5.41, 5.74) is 0.458. The minimum Gasteiger partial charge on any atom is -0.415 e. The van der Waals surface area contributed by atoms with Crippen molar-refractivity contribution in [3.8, 4) is 12.3 Å². The van der Waals surface area contributed by atoms with Gasteiger partial charge in [0.15, 0.2) is 0 Å². The number of hydrogen-bond acceptors (Lipinski definition) is 2. The molecule has 9 heavy (non-hydrogen) atoms. The molecule has 1 aromatic heterocycles. The molecule has 0 aliphatic carbocycles. The van der Waals surface area contributed by atoms with Gasteiger partial charge >= 0.3 is 5.76 Å². The van der Waals surface area contributed by atoms with Gasteiger partial charge in [-0.3, -0.25) is 4.57 Å². The molecule has 46 valence electrons. The first kappa shape index (κ1) is 5.70. The molecule has 3 nitrogen and oxygen atoms in total. The molecule has 0 N–H and O–H groups in total. The molecule has 0 bridgehead atoms. The van der Waals surface area contributed by atoms with E-state index in [2.05, 4.69) is 10.3 Å². The van der Waals surface area contributed by atoms with Gasteiger partial charge in [0.1, 0.15) is 12.0 Å². The van der Waals surface area contributed by atoms with Crippen molar-refractivity contribution in [3.05, 3.63) is 22.5 Å². The number of aromatic nitrogens is 1. The van der Waals surface area contributed by atoms with Crippen LogP contribution in [0.5, 0.6) is 0 Å². The molecule has 0 atom stereocenters. The summed E-state index contributed by atoms with van der Waals surface area (Å²) in [4.78, 5) is 10.5. The molecule has 3 heteroatoms. The molecule has 0 aliphatic rings. The molecule has 1 aromatic rings. The van der Waals surface area contributed by atoms with E-state index in [1.54, 1.807) is 7.05 Å². The maximum Gasteiger partial charge on any atom is 0.419 e. The van der Waals surface area contributed by atoms with Crippen LogP contribution in [0.15, 0.2) is 15.5 Å². The van der Waals surface area contributed by atoms with Crippen LogP contribution in [0.4, 0.5) is 0 Å². The first-order chi connectivity index (χ1) is 4.25. The molecule has 1 rings (SSSR count). The predicted molar refractivity (Wildman–Crippen MR) is 31.9 cm³/mol. The van der Waals surface area contributed by atoms with Gasteiger partial charge in [0.25, 0.3) is 0 Å². The standard InChI is InChI=1S/C6H5NO2/c1-3-5-4-9-6(8)7(5)2/h1,4H,2H3. The lowest BCUT2D eigenvalue weighted by atomic mass is 10.5. The molecule has 0 spiro atoms. The summed E-state index contributed by atoms with van der Waals surface area (Å²) in [6.07, 6.45) is 6.25. The van der Waals surface area contributed by atoms with E-state index in [4.69, 9.17) is 6.42 Å². The Balaban J connectivity index is 3.41. The van der Waals surface area contributed by atoms with Crippen molar-refractivity contribution in [1.82, 2.24) is 4.57 Å². The second kappa shape index (κ2) is 1.82. The van der Waals surface area contributed by atoms with E-state index < -0.39 is 5.76 Å². The largest absolute Gasteiger partial charge is 0.419 e. The van der Waals surface area contributed by atoms with Crippen LogP contribution in [0, 0.1) is 12.3 Å². The van der Waals surface area contributed by atoms with Gasteiger partial charge in [0, 0.05) is 7.05 Å². The third-order valence-electron chi connectivity index (χ3n) is 1.05. The molecule has 0 unspecified atom stereocenters. The zero-order valence-corrected chi connectivity index (χ0v) is 4.92. The molecule has 0 aliphatic heterocycles. The van der Waals surface area contributed by atoms with E-state index in [0.29, 0.717) is 5.69 Å². The zero-order valence-electron chi connectivity index (χ0n) is 4.92. The quantitative estimate of drug-likeness (QED) is 0.454. The summed E-state index contributed by atoms with van der Waals surface area (Å²) in [7, 11) is 1.56. The highest BCUT2D eigenvalue weighted by atomic mass is 16.4. The molecular weight excluding hydrogens is 118 g/mol. The molecule has 0 fully saturated rings. The van der Waals surface area contributed by atoms with Gasteiger partial charge in [-0.2, -0.15) is 0 Å². The summed E-state index contributed by atoms with van der Waals surface area (Å²) in [5.74, 6) is 1.86. The highest BCUT2D eigenvalue weighted by molar-refractivity contribution is 5.20. The van der Waals surface area contributed by atoms with E-state index >= 15 is 0 Å². The Hall–Kier alpha value is -1.43. The first-order valence-corrected chi connectivity index (χ1v) is 2.37. The average molecular weight is 123 g/mol. The molecule has 0 amide bonds. The van der Waals surface area contributed by atoms with Crippen molar-refractivity contribution in [1.29, 1.82) is 0 Å². The monoisotopic (exact) mass is 123 g/mol. The maximum atomic E-state index is 10.5. The van der Waals surface area contributed by atoms with Crippen molar-refractivity contribution in [2.24, 2.45) is 7.05 Å². The van der Waals surface area contributed by atoms with Gasteiger partial charge in [0.05, 0.1) is 0 Å². The van der Waals surface area contributed by atoms with Gasteiger partial charge < -0.3 is 4.42 Å². The topological polar surface area (TPSA) is 35.1 Å². The second-order valence-electron chi connectivity index (χ2n) is 1.59. The second-order valence-corrected chi connectivity index (χ2v) is 1.59. The SMILES string of the molecule is C#Cc1coc(=O)n1C. The lowest BCUT2D eigenvalue weighted by molar-refractivity contribution is 0.494. The Labute approximate surface area is 51.9 Å².